The number of aliphatic hydroxyl groups is 1. The SMILES string of the molecule is CO.Cc1ncc(N)cc1N. The minimum Gasteiger partial charge on any atom is -0.400 e. The molecule has 0 aliphatic carbocycles. The van der Waals surface area contributed by atoms with E-state index < -0.39 is 0 Å². The van der Waals surface area contributed by atoms with E-state index in [2.05, 4.69) is 4.98 Å². The summed E-state index contributed by atoms with van der Waals surface area (Å²) < 4.78 is 0. The number of aryl methyl sites for hydroxylation is 1. The van der Waals surface area contributed by atoms with Crippen LogP contribution in [0.5, 0.6) is 0 Å². The topological polar surface area (TPSA) is 85.2 Å². The predicted molar refractivity (Wildman–Crippen MR) is 45.9 cm³/mol. The second-order valence-electron chi connectivity index (χ2n) is 1.94. The summed E-state index contributed by atoms with van der Waals surface area (Å²) in [6.45, 7) is 1.84. The van der Waals surface area contributed by atoms with Crippen molar-refractivity contribution in [3.8, 4) is 0 Å². The zero-order chi connectivity index (χ0) is 8.85. The fraction of sp³-hybridized carbons (Fsp3) is 0.286. The summed E-state index contributed by atoms with van der Waals surface area (Å²) in [6.07, 6.45) is 1.59. The zero-order valence-electron chi connectivity index (χ0n) is 6.70. The molecule has 1 rings (SSSR count). The van der Waals surface area contributed by atoms with Gasteiger partial charge in [-0.1, -0.05) is 0 Å². The average molecular weight is 155 g/mol. The Morgan fingerprint density at radius 2 is 1.91 bits per heavy atom. The number of nitrogen functional groups attached to an aromatic ring is 2. The number of hydrogen-bond acceptors (Lipinski definition) is 4. The number of aliphatic hydroxyl groups excluding tert-OH is 1. The molecule has 1 aromatic rings. The molecule has 62 valence electrons. The second kappa shape index (κ2) is 4.51. The zero-order valence-corrected chi connectivity index (χ0v) is 6.70. The Balaban J connectivity index is 0.000000461. The summed E-state index contributed by atoms with van der Waals surface area (Å²) in [4.78, 5) is 3.93. The van der Waals surface area contributed by atoms with Crippen LogP contribution in [-0.2, 0) is 0 Å². The highest BCUT2D eigenvalue weighted by atomic mass is 16.2. The normalized spacial score (nSPS) is 8.27. The van der Waals surface area contributed by atoms with Crippen molar-refractivity contribution >= 4 is 11.4 Å². The summed E-state index contributed by atoms with van der Waals surface area (Å²) in [7, 11) is 1.00. The largest absolute Gasteiger partial charge is 0.400 e. The third kappa shape index (κ3) is 2.86. The summed E-state index contributed by atoms with van der Waals surface area (Å²) >= 11 is 0. The number of anilines is 2. The van der Waals surface area contributed by atoms with E-state index in [1.807, 2.05) is 6.92 Å². The van der Waals surface area contributed by atoms with E-state index in [4.69, 9.17) is 16.6 Å². The predicted octanol–water partition coefficient (Wildman–Crippen LogP) is 0.163. The van der Waals surface area contributed by atoms with Gasteiger partial charge in [-0.3, -0.25) is 4.98 Å². The lowest BCUT2D eigenvalue weighted by Crippen LogP contribution is -1.94. The van der Waals surface area contributed by atoms with Crippen LogP contribution in [0.4, 0.5) is 11.4 Å². The van der Waals surface area contributed by atoms with E-state index in [1.54, 1.807) is 12.3 Å². The number of nitrogens with two attached hydrogens (primary N) is 2. The number of nitrogens with zero attached hydrogens (tertiary/aromatic N) is 1. The molecule has 0 spiro atoms. The van der Waals surface area contributed by atoms with Gasteiger partial charge in [0.1, 0.15) is 0 Å². The van der Waals surface area contributed by atoms with Crippen molar-refractivity contribution < 1.29 is 5.11 Å². The van der Waals surface area contributed by atoms with Crippen molar-refractivity contribution in [1.29, 1.82) is 0 Å². The Bertz CT molecular complexity index is 225. The van der Waals surface area contributed by atoms with Crippen molar-refractivity contribution in [2.45, 2.75) is 6.92 Å². The lowest BCUT2D eigenvalue weighted by molar-refractivity contribution is 0.399. The van der Waals surface area contributed by atoms with Crippen molar-refractivity contribution in [3.63, 3.8) is 0 Å². The van der Waals surface area contributed by atoms with Crippen molar-refractivity contribution in [2.24, 2.45) is 0 Å². The van der Waals surface area contributed by atoms with Crippen LogP contribution in [0.3, 0.4) is 0 Å². The first kappa shape index (κ1) is 9.71. The van der Waals surface area contributed by atoms with Crippen molar-refractivity contribution in [1.82, 2.24) is 4.98 Å². The van der Waals surface area contributed by atoms with Crippen molar-refractivity contribution in [2.75, 3.05) is 18.6 Å². The first-order chi connectivity index (χ1) is 5.20. The van der Waals surface area contributed by atoms with Gasteiger partial charge in [0.05, 0.1) is 23.3 Å². The molecule has 5 N–H and O–H groups in total. The fourth-order valence-corrected chi connectivity index (χ4v) is 0.567. The Labute approximate surface area is 65.9 Å². The van der Waals surface area contributed by atoms with Gasteiger partial charge in [-0.05, 0) is 13.0 Å². The monoisotopic (exact) mass is 155 g/mol. The molecule has 4 heteroatoms. The van der Waals surface area contributed by atoms with E-state index in [-0.39, 0.29) is 0 Å². The van der Waals surface area contributed by atoms with Crippen LogP contribution in [0.1, 0.15) is 5.69 Å². The van der Waals surface area contributed by atoms with Crippen LogP contribution >= 0.6 is 0 Å². The number of pyridine rings is 1. The smallest absolute Gasteiger partial charge is 0.0603 e. The molecule has 0 fully saturated rings. The van der Waals surface area contributed by atoms with Gasteiger partial charge in [0, 0.05) is 7.11 Å². The van der Waals surface area contributed by atoms with Gasteiger partial charge in [0.2, 0.25) is 0 Å². The molecule has 0 amide bonds. The second-order valence-corrected chi connectivity index (χ2v) is 1.94. The lowest BCUT2D eigenvalue weighted by Gasteiger charge is -1.97. The first-order valence-corrected chi connectivity index (χ1v) is 3.12. The maximum Gasteiger partial charge on any atom is 0.0603 e. The molecule has 0 aliphatic rings. The lowest BCUT2D eigenvalue weighted by atomic mass is 10.3. The molecule has 0 saturated carbocycles. The highest BCUT2D eigenvalue weighted by molar-refractivity contribution is 5.51. The minimum absolute atomic E-state index is 0.609. The quantitative estimate of drug-likeness (QED) is 0.498. The molecule has 0 unspecified atom stereocenters. The van der Waals surface area contributed by atoms with Gasteiger partial charge >= 0.3 is 0 Å². The average Bonchev–Trinajstić information content (AvgIpc) is 2.02. The molecule has 1 heterocycles. The maximum atomic E-state index is 7.00. The Hall–Kier alpha value is -1.29. The fourth-order valence-electron chi connectivity index (χ4n) is 0.567. The molecule has 0 atom stereocenters. The van der Waals surface area contributed by atoms with Gasteiger partial charge in [-0.2, -0.15) is 0 Å². The maximum absolute atomic E-state index is 7.00. The molecular formula is C7H13N3O. The standard InChI is InChI=1S/C6H9N3.CH4O/c1-4-6(8)2-5(7)3-9-4;1-2/h2-3H,7-8H2,1H3;2H,1H3. The summed E-state index contributed by atoms with van der Waals surface area (Å²) in [5, 5.41) is 7.00. The molecule has 0 saturated heterocycles. The van der Waals surface area contributed by atoms with Gasteiger partial charge in [-0.15, -0.1) is 0 Å². The Morgan fingerprint density at radius 3 is 2.27 bits per heavy atom. The highest BCUT2D eigenvalue weighted by Crippen LogP contribution is 2.09. The number of hydrogen-bond donors (Lipinski definition) is 3. The molecule has 11 heavy (non-hydrogen) atoms. The van der Waals surface area contributed by atoms with Crippen LogP contribution in [0.15, 0.2) is 12.3 Å². The van der Waals surface area contributed by atoms with E-state index in [0.29, 0.717) is 11.4 Å². The molecule has 0 radical (unpaired) electrons. The Morgan fingerprint density at radius 1 is 1.36 bits per heavy atom. The van der Waals surface area contributed by atoms with Crippen LogP contribution in [0.2, 0.25) is 0 Å². The minimum atomic E-state index is 0.609. The summed E-state index contributed by atoms with van der Waals surface area (Å²) in [6, 6.07) is 1.70. The van der Waals surface area contributed by atoms with E-state index in [0.717, 1.165) is 12.8 Å². The molecule has 0 aromatic carbocycles. The molecule has 0 aliphatic heterocycles. The van der Waals surface area contributed by atoms with Crippen LogP contribution in [-0.4, -0.2) is 17.2 Å². The number of rotatable bonds is 0. The Kier molecular flexibility index (Phi) is 3.98. The van der Waals surface area contributed by atoms with Gasteiger partial charge in [0.15, 0.2) is 0 Å². The van der Waals surface area contributed by atoms with Crippen molar-refractivity contribution in [3.05, 3.63) is 18.0 Å². The third-order valence-electron chi connectivity index (χ3n) is 1.15. The van der Waals surface area contributed by atoms with Gasteiger partial charge < -0.3 is 16.6 Å². The summed E-state index contributed by atoms with van der Waals surface area (Å²) in [5.41, 5.74) is 12.9. The van der Waals surface area contributed by atoms with E-state index in [1.165, 1.54) is 0 Å². The molecule has 1 aromatic heterocycles. The van der Waals surface area contributed by atoms with Gasteiger partial charge in [-0.25, -0.2) is 0 Å². The van der Waals surface area contributed by atoms with Crippen LogP contribution in [0.25, 0.3) is 0 Å². The van der Waals surface area contributed by atoms with Crippen LogP contribution in [0, 0.1) is 6.92 Å². The number of aromatic nitrogens is 1. The molecular weight excluding hydrogens is 142 g/mol. The molecule has 4 nitrogen and oxygen atoms in total. The first-order valence-electron chi connectivity index (χ1n) is 3.12. The van der Waals surface area contributed by atoms with E-state index >= 15 is 0 Å². The third-order valence-corrected chi connectivity index (χ3v) is 1.15. The van der Waals surface area contributed by atoms with Gasteiger partial charge in [0.25, 0.3) is 0 Å². The highest BCUT2D eigenvalue weighted by Gasteiger charge is 1.91. The summed E-state index contributed by atoms with van der Waals surface area (Å²) in [5.74, 6) is 0. The van der Waals surface area contributed by atoms with Crippen LogP contribution < -0.4 is 11.5 Å². The van der Waals surface area contributed by atoms with E-state index in [9.17, 15) is 0 Å². The molecule has 0 bridgehead atoms.